The first-order chi connectivity index (χ1) is 11.8. The Morgan fingerprint density at radius 3 is 1.92 bits per heavy atom. The highest BCUT2D eigenvalue weighted by Crippen LogP contribution is 2.34. The van der Waals surface area contributed by atoms with Crippen LogP contribution in [-0.2, 0) is 30.8 Å². The van der Waals surface area contributed by atoms with Crippen molar-refractivity contribution >= 4 is 0 Å². The van der Waals surface area contributed by atoms with Crippen molar-refractivity contribution in [1.29, 1.82) is 0 Å². The molecule has 2 aromatic carbocycles. The van der Waals surface area contributed by atoms with Crippen molar-refractivity contribution in [1.82, 2.24) is 4.98 Å². The Kier molecular flexibility index (Phi) is 4.01. The van der Waals surface area contributed by atoms with Crippen molar-refractivity contribution in [3.05, 3.63) is 94.3 Å². The number of nitrogens with zero attached hydrogens (tertiary/aromatic N) is 1. The average Bonchev–Trinajstić information content (AvgIpc) is 3.11. The topological polar surface area (TPSA) is 42.4 Å². The van der Waals surface area contributed by atoms with E-state index in [0.29, 0.717) is 25.4 Å². The van der Waals surface area contributed by atoms with Crippen molar-refractivity contribution in [2.45, 2.75) is 26.1 Å². The van der Waals surface area contributed by atoms with E-state index in [1.807, 2.05) is 36.4 Å². The number of benzene rings is 2. The summed E-state index contributed by atoms with van der Waals surface area (Å²) in [6.07, 6.45) is 1.39. The fourth-order valence-corrected chi connectivity index (χ4v) is 3.20. The lowest BCUT2D eigenvalue weighted by molar-refractivity contribution is 0.133. The summed E-state index contributed by atoms with van der Waals surface area (Å²) >= 11 is 0. The lowest BCUT2D eigenvalue weighted by atomic mass is 9.99. The minimum absolute atomic E-state index is 0.295. The van der Waals surface area contributed by atoms with E-state index in [4.69, 9.17) is 9.72 Å². The summed E-state index contributed by atoms with van der Waals surface area (Å²) in [5.74, 6) is 0.295. The first-order valence-electron chi connectivity index (χ1n) is 8.19. The molecule has 120 valence electrons. The predicted molar refractivity (Wildman–Crippen MR) is 92.9 cm³/mol. The largest absolute Gasteiger partial charge is 0.506 e. The van der Waals surface area contributed by atoms with Crippen LogP contribution in [0.5, 0.6) is 5.75 Å². The third-order valence-corrected chi connectivity index (χ3v) is 4.46. The van der Waals surface area contributed by atoms with Crippen LogP contribution in [0.4, 0.5) is 0 Å². The molecule has 0 atom stereocenters. The number of aromatic hydroxyl groups is 1. The smallest absolute Gasteiger partial charge is 0.143 e. The predicted octanol–water partition coefficient (Wildman–Crippen LogP) is 4.00. The summed E-state index contributed by atoms with van der Waals surface area (Å²) in [5.41, 5.74) is 6.06. The molecule has 0 fully saturated rings. The van der Waals surface area contributed by atoms with E-state index in [1.165, 1.54) is 5.56 Å². The summed E-state index contributed by atoms with van der Waals surface area (Å²) in [6, 6.07) is 20.4. The zero-order chi connectivity index (χ0) is 16.4. The zero-order valence-corrected chi connectivity index (χ0v) is 13.4. The number of hydrogen-bond acceptors (Lipinski definition) is 3. The van der Waals surface area contributed by atoms with Gasteiger partial charge in [0.1, 0.15) is 5.75 Å². The monoisotopic (exact) mass is 317 g/mol. The molecule has 0 radical (unpaired) electrons. The first kappa shape index (κ1) is 14.9. The summed E-state index contributed by atoms with van der Waals surface area (Å²) in [5, 5.41) is 10.6. The van der Waals surface area contributed by atoms with Gasteiger partial charge in [-0.2, -0.15) is 0 Å². The zero-order valence-electron chi connectivity index (χ0n) is 13.4. The Labute approximate surface area is 141 Å². The molecule has 0 saturated heterocycles. The van der Waals surface area contributed by atoms with Gasteiger partial charge in [0.15, 0.2) is 0 Å². The molecule has 24 heavy (non-hydrogen) atoms. The van der Waals surface area contributed by atoms with Crippen LogP contribution < -0.4 is 0 Å². The van der Waals surface area contributed by atoms with Gasteiger partial charge < -0.3 is 9.84 Å². The highest BCUT2D eigenvalue weighted by Gasteiger charge is 2.23. The fourth-order valence-electron chi connectivity index (χ4n) is 3.20. The van der Waals surface area contributed by atoms with E-state index in [1.54, 1.807) is 0 Å². The molecule has 0 saturated carbocycles. The Morgan fingerprint density at radius 2 is 1.29 bits per heavy atom. The van der Waals surface area contributed by atoms with Crippen LogP contribution in [0.3, 0.4) is 0 Å². The van der Waals surface area contributed by atoms with Gasteiger partial charge in [-0.3, -0.25) is 4.98 Å². The van der Waals surface area contributed by atoms with Gasteiger partial charge in [-0.1, -0.05) is 60.7 Å². The fraction of sp³-hybridized carbons (Fsp3) is 0.190. The SMILES string of the molecule is Oc1c(Cc2ccccc2)nc(Cc2ccccc2)c2c1COC2. The second-order valence-electron chi connectivity index (χ2n) is 6.13. The van der Waals surface area contributed by atoms with E-state index in [2.05, 4.69) is 24.3 Å². The minimum atomic E-state index is 0.295. The van der Waals surface area contributed by atoms with Crippen molar-refractivity contribution in [3.8, 4) is 5.75 Å². The number of rotatable bonds is 4. The first-order valence-corrected chi connectivity index (χ1v) is 8.19. The van der Waals surface area contributed by atoms with Gasteiger partial charge in [-0.05, 0) is 11.1 Å². The maximum atomic E-state index is 10.6. The van der Waals surface area contributed by atoms with Crippen LogP contribution in [0.1, 0.15) is 33.6 Å². The van der Waals surface area contributed by atoms with E-state index >= 15 is 0 Å². The molecule has 2 heterocycles. The summed E-state index contributed by atoms with van der Waals surface area (Å²) in [4.78, 5) is 4.80. The van der Waals surface area contributed by atoms with Gasteiger partial charge in [0.05, 0.1) is 24.6 Å². The molecule has 1 aromatic heterocycles. The van der Waals surface area contributed by atoms with Crippen molar-refractivity contribution in [3.63, 3.8) is 0 Å². The molecule has 3 heteroatoms. The Morgan fingerprint density at radius 1 is 0.750 bits per heavy atom. The Bertz CT molecular complexity index is 845. The number of fused-ring (bicyclic) bond motifs is 1. The van der Waals surface area contributed by atoms with Crippen LogP contribution in [0, 0.1) is 0 Å². The molecule has 1 aliphatic heterocycles. The van der Waals surface area contributed by atoms with E-state index in [9.17, 15) is 5.11 Å². The average molecular weight is 317 g/mol. The van der Waals surface area contributed by atoms with E-state index in [0.717, 1.165) is 34.5 Å². The van der Waals surface area contributed by atoms with Crippen molar-refractivity contribution in [2.75, 3.05) is 0 Å². The molecule has 0 spiro atoms. The molecule has 4 rings (SSSR count). The standard InChI is InChI=1S/C21H19NO2/c23-21-18-14-24-13-17(18)19(11-15-7-3-1-4-8-15)22-20(21)12-16-9-5-2-6-10-16/h1-10,23H,11-14H2. The van der Waals surface area contributed by atoms with Crippen LogP contribution in [-0.4, -0.2) is 10.1 Å². The minimum Gasteiger partial charge on any atom is -0.506 e. The van der Waals surface area contributed by atoms with E-state index < -0.39 is 0 Å². The lowest BCUT2D eigenvalue weighted by Gasteiger charge is -2.13. The summed E-state index contributed by atoms with van der Waals surface area (Å²) in [7, 11) is 0. The second-order valence-corrected chi connectivity index (χ2v) is 6.13. The Hall–Kier alpha value is -2.65. The summed E-state index contributed by atoms with van der Waals surface area (Å²) in [6.45, 7) is 0.997. The van der Waals surface area contributed by atoms with Gasteiger partial charge >= 0.3 is 0 Å². The molecule has 1 N–H and O–H groups in total. The Balaban J connectivity index is 1.73. The van der Waals surface area contributed by atoms with Gasteiger partial charge in [0.2, 0.25) is 0 Å². The number of aromatic nitrogens is 1. The lowest BCUT2D eigenvalue weighted by Crippen LogP contribution is -2.05. The van der Waals surface area contributed by atoms with Crippen molar-refractivity contribution in [2.24, 2.45) is 0 Å². The molecule has 3 aromatic rings. The third-order valence-electron chi connectivity index (χ3n) is 4.46. The van der Waals surface area contributed by atoms with Crippen molar-refractivity contribution < 1.29 is 9.84 Å². The van der Waals surface area contributed by atoms with E-state index in [-0.39, 0.29) is 0 Å². The molecular weight excluding hydrogens is 298 g/mol. The van der Waals surface area contributed by atoms with Crippen LogP contribution >= 0.6 is 0 Å². The second kappa shape index (κ2) is 6.46. The molecule has 0 unspecified atom stereocenters. The number of ether oxygens (including phenoxy) is 1. The van der Waals surface area contributed by atoms with Crippen LogP contribution in [0.2, 0.25) is 0 Å². The normalized spacial score (nSPS) is 13.0. The highest BCUT2D eigenvalue weighted by molar-refractivity contribution is 5.48. The molecular formula is C21H19NO2. The number of pyridine rings is 1. The number of hydrogen-bond donors (Lipinski definition) is 1. The highest BCUT2D eigenvalue weighted by atomic mass is 16.5. The molecule has 0 bridgehead atoms. The molecule has 0 aliphatic carbocycles. The van der Waals surface area contributed by atoms with Crippen LogP contribution in [0.25, 0.3) is 0 Å². The van der Waals surface area contributed by atoms with Gasteiger partial charge in [0.25, 0.3) is 0 Å². The molecule has 3 nitrogen and oxygen atoms in total. The van der Waals surface area contributed by atoms with Gasteiger partial charge in [-0.25, -0.2) is 0 Å². The summed E-state index contributed by atoms with van der Waals surface area (Å²) < 4.78 is 5.58. The molecule has 1 aliphatic rings. The van der Waals surface area contributed by atoms with Gasteiger partial charge in [0, 0.05) is 24.0 Å². The quantitative estimate of drug-likeness (QED) is 0.791. The maximum absolute atomic E-state index is 10.6. The van der Waals surface area contributed by atoms with Gasteiger partial charge in [-0.15, -0.1) is 0 Å². The maximum Gasteiger partial charge on any atom is 0.143 e. The van der Waals surface area contributed by atoms with Crippen LogP contribution in [0.15, 0.2) is 60.7 Å². The third kappa shape index (κ3) is 2.91. The molecule has 0 amide bonds.